The van der Waals surface area contributed by atoms with E-state index in [1.807, 2.05) is 20.8 Å². The molecule has 2 aliphatic rings. The number of ether oxygens (including phenoxy) is 4. The molecule has 1 amide bonds. The molecule has 1 atom stereocenters. The molecule has 9 heteroatoms. The fourth-order valence-corrected chi connectivity index (χ4v) is 5.02. The highest BCUT2D eigenvalue weighted by molar-refractivity contribution is 14.1. The number of benzene rings is 1. The van der Waals surface area contributed by atoms with Gasteiger partial charge < -0.3 is 24.3 Å². The summed E-state index contributed by atoms with van der Waals surface area (Å²) in [5, 5.41) is 2.91. The number of nitrogens with one attached hydrogen (secondary N) is 1. The summed E-state index contributed by atoms with van der Waals surface area (Å²) < 4.78 is 37.4. The van der Waals surface area contributed by atoms with Gasteiger partial charge in [-0.2, -0.15) is 0 Å². The number of carbonyl (C=O) groups excluding carboxylic acids is 2. The zero-order valence-electron chi connectivity index (χ0n) is 18.7. The Kier molecular flexibility index (Phi) is 6.65. The van der Waals surface area contributed by atoms with Crippen LogP contribution in [0.25, 0.3) is 0 Å². The van der Waals surface area contributed by atoms with Crippen molar-refractivity contribution in [3.05, 3.63) is 20.5 Å². The van der Waals surface area contributed by atoms with Gasteiger partial charge in [0.05, 0.1) is 16.2 Å². The number of amides is 1. The van der Waals surface area contributed by atoms with E-state index >= 15 is 4.39 Å². The zero-order valence-corrected chi connectivity index (χ0v) is 20.8. The van der Waals surface area contributed by atoms with Crippen molar-refractivity contribution in [1.82, 2.24) is 5.32 Å². The lowest BCUT2D eigenvalue weighted by molar-refractivity contribution is -0.122. The molecule has 0 saturated heterocycles. The van der Waals surface area contributed by atoms with E-state index in [4.69, 9.17) is 18.9 Å². The van der Waals surface area contributed by atoms with E-state index in [9.17, 15) is 9.59 Å². The van der Waals surface area contributed by atoms with E-state index in [1.54, 1.807) is 36.4 Å². The van der Waals surface area contributed by atoms with E-state index in [2.05, 4.69) is 5.32 Å². The highest BCUT2D eigenvalue weighted by atomic mass is 127. The number of fused-ring (bicyclic) bond motifs is 1. The first-order chi connectivity index (χ1) is 14.4. The van der Waals surface area contributed by atoms with E-state index in [0.29, 0.717) is 5.56 Å². The SMILES string of the molecule is COC(=O)c1c(C)c2c(c(F)c1I)OC(C)(C1CCC(NC(=O)OC(C)(C)C)CC1)O2. The fourth-order valence-electron chi connectivity index (χ4n) is 4.15. The summed E-state index contributed by atoms with van der Waals surface area (Å²) in [7, 11) is 1.26. The van der Waals surface area contributed by atoms with Crippen molar-refractivity contribution in [3.8, 4) is 11.5 Å². The second-order valence-corrected chi connectivity index (χ2v) is 10.3. The number of hydrogen-bond acceptors (Lipinski definition) is 6. The van der Waals surface area contributed by atoms with E-state index < -0.39 is 29.3 Å². The Hall–Kier alpha value is -1.78. The number of alkyl carbamates (subject to hydrolysis) is 1. The molecule has 31 heavy (non-hydrogen) atoms. The van der Waals surface area contributed by atoms with Crippen LogP contribution in [0.5, 0.6) is 11.5 Å². The zero-order chi connectivity index (χ0) is 23.1. The minimum Gasteiger partial charge on any atom is -0.465 e. The van der Waals surface area contributed by atoms with Crippen molar-refractivity contribution in [2.45, 2.75) is 77.7 Å². The molecular formula is C22H29FINO6. The molecule has 0 bridgehead atoms. The maximum atomic E-state index is 15.0. The number of methoxy groups -OCH3 is 1. The minimum absolute atomic E-state index is 0.00354. The van der Waals surface area contributed by atoms with Gasteiger partial charge in [-0.05, 0) is 76.0 Å². The van der Waals surface area contributed by atoms with Gasteiger partial charge in [0.2, 0.25) is 5.75 Å². The van der Waals surface area contributed by atoms with Crippen molar-refractivity contribution in [3.63, 3.8) is 0 Å². The molecule has 1 saturated carbocycles. The topological polar surface area (TPSA) is 83.1 Å². The van der Waals surface area contributed by atoms with Gasteiger partial charge in [0.15, 0.2) is 11.6 Å². The van der Waals surface area contributed by atoms with Crippen LogP contribution in [-0.2, 0) is 9.47 Å². The van der Waals surface area contributed by atoms with E-state index in [1.165, 1.54) is 7.11 Å². The van der Waals surface area contributed by atoms with Crippen LogP contribution in [0.2, 0.25) is 0 Å². The summed E-state index contributed by atoms with van der Waals surface area (Å²) >= 11 is 1.79. The lowest BCUT2D eigenvalue weighted by Crippen LogP contribution is -2.48. The van der Waals surface area contributed by atoms with Crippen molar-refractivity contribution >= 4 is 34.7 Å². The molecule has 1 aromatic carbocycles. The summed E-state index contributed by atoms with van der Waals surface area (Å²) in [5.74, 6) is -2.02. The van der Waals surface area contributed by atoms with Gasteiger partial charge in [-0.25, -0.2) is 14.0 Å². The van der Waals surface area contributed by atoms with Gasteiger partial charge in [-0.15, -0.1) is 0 Å². The lowest BCUT2D eigenvalue weighted by atomic mass is 9.81. The van der Waals surface area contributed by atoms with Crippen LogP contribution in [0.4, 0.5) is 9.18 Å². The molecule has 1 unspecified atom stereocenters. The summed E-state index contributed by atoms with van der Waals surface area (Å²) in [4.78, 5) is 24.2. The number of carbonyl (C=O) groups is 2. The quantitative estimate of drug-likeness (QED) is 0.418. The first kappa shape index (κ1) is 23.9. The summed E-state index contributed by atoms with van der Waals surface area (Å²) in [5.41, 5.74) is 0.100. The van der Waals surface area contributed by atoms with Crippen molar-refractivity contribution < 1.29 is 32.9 Å². The van der Waals surface area contributed by atoms with Crippen LogP contribution in [0.3, 0.4) is 0 Å². The van der Waals surface area contributed by atoms with Gasteiger partial charge in [0.1, 0.15) is 5.60 Å². The van der Waals surface area contributed by atoms with E-state index in [0.717, 1.165) is 25.7 Å². The van der Waals surface area contributed by atoms with Gasteiger partial charge >= 0.3 is 12.1 Å². The van der Waals surface area contributed by atoms with Crippen molar-refractivity contribution in [2.24, 2.45) is 5.92 Å². The summed E-state index contributed by atoms with van der Waals surface area (Å²) in [6.45, 7) is 8.96. The van der Waals surface area contributed by atoms with Gasteiger partial charge in [0.25, 0.3) is 5.79 Å². The Morgan fingerprint density at radius 1 is 1.16 bits per heavy atom. The molecule has 1 aromatic rings. The molecule has 1 N–H and O–H groups in total. The Morgan fingerprint density at radius 3 is 2.29 bits per heavy atom. The monoisotopic (exact) mass is 549 g/mol. The molecule has 1 heterocycles. The van der Waals surface area contributed by atoms with E-state index in [-0.39, 0.29) is 32.6 Å². The molecular weight excluding hydrogens is 520 g/mol. The van der Waals surface area contributed by atoms with Gasteiger partial charge in [0, 0.05) is 24.4 Å². The molecule has 0 spiro atoms. The second-order valence-electron chi connectivity index (χ2n) is 9.19. The second kappa shape index (κ2) is 8.63. The highest BCUT2D eigenvalue weighted by Gasteiger charge is 2.48. The molecule has 0 aromatic heterocycles. The lowest BCUT2D eigenvalue weighted by Gasteiger charge is -2.37. The predicted molar refractivity (Wildman–Crippen MR) is 120 cm³/mol. The first-order valence-electron chi connectivity index (χ1n) is 10.3. The average molecular weight is 549 g/mol. The van der Waals surface area contributed by atoms with Crippen molar-refractivity contribution in [1.29, 1.82) is 0 Å². The first-order valence-corrected chi connectivity index (χ1v) is 11.4. The third kappa shape index (κ3) is 4.85. The predicted octanol–water partition coefficient (Wildman–Crippen LogP) is 5.10. The normalized spacial score (nSPS) is 25.2. The number of hydrogen-bond donors (Lipinski definition) is 1. The third-order valence-electron chi connectivity index (χ3n) is 5.72. The Labute approximate surface area is 195 Å². The fraction of sp³-hybridized carbons (Fsp3) is 0.636. The number of esters is 1. The average Bonchev–Trinajstić information content (AvgIpc) is 3.04. The third-order valence-corrected chi connectivity index (χ3v) is 6.73. The number of rotatable bonds is 3. The molecule has 1 aliphatic carbocycles. The van der Waals surface area contributed by atoms with Crippen LogP contribution in [-0.4, -0.2) is 36.6 Å². The molecule has 1 fully saturated rings. The largest absolute Gasteiger partial charge is 0.465 e. The van der Waals surface area contributed by atoms with Crippen LogP contribution in [0.1, 0.15) is 69.3 Å². The maximum absolute atomic E-state index is 15.0. The van der Waals surface area contributed by atoms with Crippen LogP contribution in [0, 0.1) is 22.2 Å². The smallest absolute Gasteiger partial charge is 0.407 e. The molecule has 7 nitrogen and oxygen atoms in total. The van der Waals surface area contributed by atoms with Crippen molar-refractivity contribution in [2.75, 3.05) is 7.11 Å². The molecule has 1 aliphatic heterocycles. The molecule has 3 rings (SSSR count). The van der Waals surface area contributed by atoms with Gasteiger partial charge in [-0.3, -0.25) is 0 Å². The standard InChI is InChI=1S/C22H29FINO6/c1-11-14(19(26)28-6)16(24)15(23)18-17(11)29-22(5,30-18)12-7-9-13(10-8-12)25-20(27)31-21(2,3)4/h12-13H,7-10H2,1-6H3,(H,25,27). The Balaban J connectivity index is 1.71. The van der Waals surface area contributed by atoms with Crippen LogP contribution in [0.15, 0.2) is 0 Å². The maximum Gasteiger partial charge on any atom is 0.407 e. The summed E-state index contributed by atoms with van der Waals surface area (Å²) in [6, 6.07) is 0.00354. The molecule has 0 radical (unpaired) electrons. The van der Waals surface area contributed by atoms with Crippen LogP contribution >= 0.6 is 22.6 Å². The minimum atomic E-state index is -1.05. The van der Waals surface area contributed by atoms with Crippen LogP contribution < -0.4 is 14.8 Å². The Bertz CT molecular complexity index is 891. The molecule has 172 valence electrons. The highest BCUT2D eigenvalue weighted by Crippen LogP contribution is 2.51. The number of halogens is 2. The summed E-state index contributed by atoms with van der Waals surface area (Å²) in [6.07, 6.45) is 2.49. The Morgan fingerprint density at radius 2 is 1.74 bits per heavy atom. The van der Waals surface area contributed by atoms with Gasteiger partial charge in [-0.1, -0.05) is 0 Å².